The Morgan fingerprint density at radius 1 is 0.857 bits per heavy atom. The molecule has 0 radical (unpaired) electrons. The zero-order chi connectivity index (χ0) is 11.6. The maximum atomic E-state index is 12.5. The molecule has 0 aliphatic rings. The van der Waals surface area contributed by atoms with Crippen LogP contribution in [0.2, 0.25) is 0 Å². The molecule has 0 aromatic carbocycles. The van der Waals surface area contributed by atoms with E-state index in [0.29, 0.717) is 0 Å². The SMILES string of the molecule is CCCC(F)(F)CC(F)(F)C(F)(F)F. The van der Waals surface area contributed by atoms with Gasteiger partial charge < -0.3 is 0 Å². The van der Waals surface area contributed by atoms with Crippen molar-refractivity contribution in [1.29, 1.82) is 0 Å². The van der Waals surface area contributed by atoms with E-state index in [0.717, 1.165) is 0 Å². The Morgan fingerprint density at radius 2 is 1.29 bits per heavy atom. The van der Waals surface area contributed by atoms with E-state index in [9.17, 15) is 30.7 Å². The zero-order valence-electron chi connectivity index (χ0n) is 7.27. The first-order valence-electron chi connectivity index (χ1n) is 3.84. The summed E-state index contributed by atoms with van der Waals surface area (Å²) in [5.41, 5.74) is 0. The molecule has 0 aliphatic carbocycles. The van der Waals surface area contributed by atoms with Crippen LogP contribution in [0.3, 0.4) is 0 Å². The number of rotatable bonds is 4. The van der Waals surface area contributed by atoms with Crippen LogP contribution in [0.4, 0.5) is 30.7 Å². The molecular weight excluding hydrogens is 217 g/mol. The van der Waals surface area contributed by atoms with Crippen molar-refractivity contribution in [2.75, 3.05) is 0 Å². The van der Waals surface area contributed by atoms with Gasteiger partial charge in [0.25, 0.3) is 5.92 Å². The van der Waals surface area contributed by atoms with Gasteiger partial charge in [0.15, 0.2) is 0 Å². The fourth-order valence-electron chi connectivity index (χ4n) is 0.879. The van der Waals surface area contributed by atoms with Gasteiger partial charge in [0.2, 0.25) is 0 Å². The molecule has 0 spiro atoms. The summed E-state index contributed by atoms with van der Waals surface area (Å²) in [4.78, 5) is 0. The third-order valence-corrected chi connectivity index (χ3v) is 1.51. The lowest BCUT2D eigenvalue weighted by Gasteiger charge is -2.24. The third kappa shape index (κ3) is 3.71. The molecule has 7 heteroatoms. The van der Waals surface area contributed by atoms with Gasteiger partial charge in [-0.1, -0.05) is 13.3 Å². The molecule has 0 fully saturated rings. The molecule has 0 atom stereocenters. The largest absolute Gasteiger partial charge is 0.453 e. The summed E-state index contributed by atoms with van der Waals surface area (Å²) >= 11 is 0. The molecule has 86 valence electrons. The highest BCUT2D eigenvalue weighted by molar-refractivity contribution is 4.82. The van der Waals surface area contributed by atoms with Gasteiger partial charge in [0.1, 0.15) is 0 Å². The Kier molecular flexibility index (Phi) is 3.80. The first-order chi connectivity index (χ1) is 6.02. The highest BCUT2D eigenvalue weighted by Crippen LogP contribution is 2.43. The van der Waals surface area contributed by atoms with Gasteiger partial charge in [-0.2, -0.15) is 22.0 Å². The number of hydrogen-bond acceptors (Lipinski definition) is 0. The van der Waals surface area contributed by atoms with Crippen molar-refractivity contribution in [1.82, 2.24) is 0 Å². The van der Waals surface area contributed by atoms with E-state index in [2.05, 4.69) is 0 Å². The van der Waals surface area contributed by atoms with Crippen LogP contribution >= 0.6 is 0 Å². The molecule has 14 heavy (non-hydrogen) atoms. The van der Waals surface area contributed by atoms with Crippen molar-refractivity contribution in [2.24, 2.45) is 0 Å². The molecule has 0 rings (SSSR count). The second kappa shape index (κ2) is 3.94. The van der Waals surface area contributed by atoms with Crippen molar-refractivity contribution in [2.45, 2.75) is 44.2 Å². The summed E-state index contributed by atoms with van der Waals surface area (Å²) in [5.74, 6) is -9.31. The monoisotopic (exact) mass is 226 g/mol. The first-order valence-corrected chi connectivity index (χ1v) is 3.84. The van der Waals surface area contributed by atoms with Crippen molar-refractivity contribution in [3.63, 3.8) is 0 Å². The molecule has 0 saturated heterocycles. The summed E-state index contributed by atoms with van der Waals surface area (Å²) in [6.07, 6.45) is -9.51. The smallest absolute Gasteiger partial charge is 0.207 e. The Bertz CT molecular complexity index is 181. The summed E-state index contributed by atoms with van der Waals surface area (Å²) < 4.78 is 83.8. The van der Waals surface area contributed by atoms with Gasteiger partial charge in [0, 0.05) is 6.42 Å². The Balaban J connectivity index is 4.50. The van der Waals surface area contributed by atoms with Gasteiger partial charge in [-0.25, -0.2) is 8.78 Å². The van der Waals surface area contributed by atoms with Crippen LogP contribution in [0.1, 0.15) is 26.2 Å². The molecule has 0 amide bonds. The van der Waals surface area contributed by atoms with E-state index in [1.165, 1.54) is 6.92 Å². The number of alkyl halides is 7. The van der Waals surface area contributed by atoms with E-state index in [-0.39, 0.29) is 6.42 Å². The van der Waals surface area contributed by atoms with E-state index >= 15 is 0 Å². The van der Waals surface area contributed by atoms with Crippen LogP contribution in [-0.2, 0) is 0 Å². The zero-order valence-corrected chi connectivity index (χ0v) is 7.27. The van der Waals surface area contributed by atoms with Crippen molar-refractivity contribution in [3.05, 3.63) is 0 Å². The average Bonchev–Trinajstić information content (AvgIpc) is 1.80. The minimum atomic E-state index is -5.91. The fourth-order valence-corrected chi connectivity index (χ4v) is 0.879. The molecule has 0 aromatic rings. The van der Waals surface area contributed by atoms with Gasteiger partial charge in [0.05, 0.1) is 6.42 Å². The summed E-state index contributed by atoms with van der Waals surface area (Å²) in [5, 5.41) is 0. The fraction of sp³-hybridized carbons (Fsp3) is 1.00. The van der Waals surface area contributed by atoms with Crippen molar-refractivity contribution in [3.8, 4) is 0 Å². The topological polar surface area (TPSA) is 0 Å². The summed E-state index contributed by atoms with van der Waals surface area (Å²) in [7, 11) is 0. The lowest BCUT2D eigenvalue weighted by Crippen LogP contribution is -2.41. The van der Waals surface area contributed by atoms with E-state index in [4.69, 9.17) is 0 Å². The Morgan fingerprint density at radius 3 is 1.57 bits per heavy atom. The Labute approximate surface area is 76.1 Å². The maximum absolute atomic E-state index is 12.5. The van der Waals surface area contributed by atoms with Gasteiger partial charge in [-0.05, 0) is 0 Å². The van der Waals surface area contributed by atoms with Crippen molar-refractivity contribution < 1.29 is 30.7 Å². The van der Waals surface area contributed by atoms with Crippen LogP contribution in [0.15, 0.2) is 0 Å². The average molecular weight is 226 g/mol. The normalized spacial score (nSPS) is 14.6. The lowest BCUT2D eigenvalue weighted by atomic mass is 10.1. The molecular formula is C7H9F7. The van der Waals surface area contributed by atoms with Crippen LogP contribution in [0.5, 0.6) is 0 Å². The second-order valence-electron chi connectivity index (χ2n) is 2.98. The third-order valence-electron chi connectivity index (χ3n) is 1.51. The molecule has 0 nitrogen and oxygen atoms in total. The van der Waals surface area contributed by atoms with Gasteiger partial charge in [-0.15, -0.1) is 0 Å². The predicted molar refractivity (Wildman–Crippen MR) is 35.5 cm³/mol. The molecule has 0 N–H and O–H groups in total. The number of hydrogen-bond donors (Lipinski definition) is 0. The minimum absolute atomic E-state index is 0.152. The highest BCUT2D eigenvalue weighted by atomic mass is 19.4. The first kappa shape index (κ1) is 13.5. The second-order valence-corrected chi connectivity index (χ2v) is 2.98. The van der Waals surface area contributed by atoms with E-state index in [1.54, 1.807) is 0 Å². The summed E-state index contributed by atoms with van der Waals surface area (Å²) in [6.45, 7) is 1.28. The molecule has 0 saturated carbocycles. The quantitative estimate of drug-likeness (QED) is 0.635. The van der Waals surface area contributed by atoms with Crippen LogP contribution in [0, 0.1) is 0 Å². The van der Waals surface area contributed by atoms with Crippen LogP contribution in [0.25, 0.3) is 0 Å². The molecule has 0 heterocycles. The highest BCUT2D eigenvalue weighted by Gasteiger charge is 2.61. The Hall–Kier alpha value is -0.490. The molecule has 0 aliphatic heterocycles. The predicted octanol–water partition coefficient (Wildman–Crippen LogP) is 4.01. The molecule has 0 unspecified atom stereocenters. The number of halogens is 7. The molecule has 0 bridgehead atoms. The van der Waals surface area contributed by atoms with Crippen LogP contribution < -0.4 is 0 Å². The lowest BCUT2D eigenvalue weighted by molar-refractivity contribution is -0.300. The molecule has 0 aromatic heterocycles. The summed E-state index contributed by atoms with van der Waals surface area (Å²) in [6, 6.07) is 0. The van der Waals surface area contributed by atoms with Crippen LogP contribution in [-0.4, -0.2) is 18.0 Å². The van der Waals surface area contributed by atoms with E-state index < -0.39 is 30.9 Å². The van der Waals surface area contributed by atoms with Gasteiger partial charge >= 0.3 is 12.1 Å². The van der Waals surface area contributed by atoms with Crippen molar-refractivity contribution >= 4 is 0 Å². The standard InChI is InChI=1S/C7H9F7/c1-2-3-5(8,9)4-6(10,11)7(12,13)14/h2-4H2,1H3. The maximum Gasteiger partial charge on any atom is 0.453 e. The minimum Gasteiger partial charge on any atom is -0.207 e. The van der Waals surface area contributed by atoms with Gasteiger partial charge in [-0.3, -0.25) is 0 Å². The van der Waals surface area contributed by atoms with E-state index in [1.807, 2.05) is 0 Å².